The minimum atomic E-state index is -0.567. The second-order valence-electron chi connectivity index (χ2n) is 6.42. The van der Waals surface area contributed by atoms with Crippen LogP contribution in [0.5, 0.6) is 11.5 Å². The molecule has 148 valence electrons. The highest BCUT2D eigenvalue weighted by molar-refractivity contribution is 5.87. The molecule has 0 saturated carbocycles. The molecule has 1 atom stereocenters. The van der Waals surface area contributed by atoms with E-state index in [-0.39, 0.29) is 23.6 Å². The Morgan fingerprint density at radius 2 is 2.04 bits per heavy atom. The monoisotopic (exact) mass is 385 g/mol. The number of rotatable bonds is 8. The zero-order valence-corrected chi connectivity index (χ0v) is 16.0. The molecule has 1 unspecified atom stereocenters. The number of carbonyl (C=O) groups is 1. The van der Waals surface area contributed by atoms with E-state index in [0.29, 0.717) is 17.2 Å². The molecule has 0 saturated heterocycles. The lowest BCUT2D eigenvalue weighted by Crippen LogP contribution is -2.24. The van der Waals surface area contributed by atoms with Crippen LogP contribution in [-0.4, -0.2) is 28.8 Å². The molecule has 0 fully saturated rings. The standard InChI is InChI=1S/C20H23N3O5/c1-4-13(2)15-5-7-18(8-6-15)28-12-19(24)22-21-11-16-10-17(23(26)27)9-14(3)20(16)25/h5-11,13,25H,4,12H2,1-3H3,(H,22,24)/b21-11+. The van der Waals surface area contributed by atoms with E-state index in [2.05, 4.69) is 24.4 Å². The van der Waals surface area contributed by atoms with Crippen LogP contribution in [0.25, 0.3) is 0 Å². The van der Waals surface area contributed by atoms with Crippen molar-refractivity contribution in [2.75, 3.05) is 6.61 Å². The van der Waals surface area contributed by atoms with E-state index in [9.17, 15) is 20.0 Å². The fraction of sp³-hybridized carbons (Fsp3) is 0.300. The summed E-state index contributed by atoms with van der Waals surface area (Å²) in [4.78, 5) is 22.2. The van der Waals surface area contributed by atoms with Gasteiger partial charge in [0.05, 0.1) is 11.1 Å². The van der Waals surface area contributed by atoms with Crippen LogP contribution < -0.4 is 10.2 Å². The molecule has 0 aliphatic carbocycles. The van der Waals surface area contributed by atoms with Crippen molar-refractivity contribution in [3.63, 3.8) is 0 Å². The molecule has 2 aromatic rings. The average molecular weight is 385 g/mol. The van der Waals surface area contributed by atoms with Gasteiger partial charge in [0, 0.05) is 17.7 Å². The van der Waals surface area contributed by atoms with Gasteiger partial charge in [-0.15, -0.1) is 0 Å². The van der Waals surface area contributed by atoms with E-state index in [1.807, 2.05) is 24.3 Å². The van der Waals surface area contributed by atoms with Gasteiger partial charge in [-0.05, 0) is 42.5 Å². The van der Waals surface area contributed by atoms with Gasteiger partial charge in [0.1, 0.15) is 11.5 Å². The molecule has 8 heteroatoms. The molecule has 0 aliphatic heterocycles. The van der Waals surface area contributed by atoms with Crippen molar-refractivity contribution in [2.24, 2.45) is 5.10 Å². The first kappa shape index (κ1) is 20.9. The van der Waals surface area contributed by atoms with Gasteiger partial charge in [-0.25, -0.2) is 5.43 Å². The number of hydrogen-bond acceptors (Lipinski definition) is 6. The fourth-order valence-electron chi connectivity index (χ4n) is 2.47. The van der Waals surface area contributed by atoms with Crippen LogP contribution in [-0.2, 0) is 4.79 Å². The van der Waals surface area contributed by atoms with Crippen LogP contribution in [0.15, 0.2) is 41.5 Å². The number of ether oxygens (including phenoxy) is 1. The lowest BCUT2D eigenvalue weighted by Gasteiger charge is -2.10. The number of nitrogens with zero attached hydrogens (tertiary/aromatic N) is 2. The lowest BCUT2D eigenvalue weighted by atomic mass is 9.99. The van der Waals surface area contributed by atoms with Crippen molar-refractivity contribution in [1.29, 1.82) is 0 Å². The Kier molecular flexibility index (Phi) is 7.08. The van der Waals surface area contributed by atoms with Gasteiger partial charge >= 0.3 is 0 Å². The molecular formula is C20H23N3O5. The predicted octanol–water partition coefficient (Wildman–Crippen LogP) is 3.65. The summed E-state index contributed by atoms with van der Waals surface area (Å²) in [6, 6.07) is 9.98. The third-order valence-corrected chi connectivity index (χ3v) is 4.35. The summed E-state index contributed by atoms with van der Waals surface area (Å²) in [6.07, 6.45) is 2.19. The molecular weight excluding hydrogens is 362 g/mol. The molecule has 0 aromatic heterocycles. The fourth-order valence-corrected chi connectivity index (χ4v) is 2.47. The molecule has 2 N–H and O–H groups in total. The van der Waals surface area contributed by atoms with Crippen molar-refractivity contribution >= 4 is 17.8 Å². The Morgan fingerprint density at radius 1 is 1.36 bits per heavy atom. The zero-order chi connectivity index (χ0) is 20.7. The summed E-state index contributed by atoms with van der Waals surface area (Å²) in [5.41, 5.74) is 3.76. The van der Waals surface area contributed by atoms with Crippen LogP contribution in [0, 0.1) is 17.0 Å². The van der Waals surface area contributed by atoms with Crippen molar-refractivity contribution in [1.82, 2.24) is 5.43 Å². The van der Waals surface area contributed by atoms with E-state index in [1.165, 1.54) is 17.7 Å². The van der Waals surface area contributed by atoms with E-state index < -0.39 is 10.8 Å². The molecule has 0 aliphatic rings. The number of hydrazone groups is 1. The van der Waals surface area contributed by atoms with Gasteiger partial charge in [-0.3, -0.25) is 14.9 Å². The van der Waals surface area contributed by atoms with E-state index in [0.717, 1.165) is 12.6 Å². The van der Waals surface area contributed by atoms with Crippen LogP contribution in [0.2, 0.25) is 0 Å². The van der Waals surface area contributed by atoms with Gasteiger partial charge in [0.2, 0.25) is 0 Å². The number of nitro benzene ring substituents is 1. The Hall–Kier alpha value is -3.42. The van der Waals surface area contributed by atoms with Gasteiger partial charge in [-0.1, -0.05) is 26.0 Å². The lowest BCUT2D eigenvalue weighted by molar-refractivity contribution is -0.384. The highest BCUT2D eigenvalue weighted by Gasteiger charge is 2.12. The maximum atomic E-state index is 11.8. The predicted molar refractivity (Wildman–Crippen MR) is 106 cm³/mol. The number of aryl methyl sites for hydroxylation is 1. The first-order chi connectivity index (χ1) is 13.3. The van der Waals surface area contributed by atoms with Gasteiger partial charge in [-0.2, -0.15) is 5.10 Å². The second-order valence-corrected chi connectivity index (χ2v) is 6.42. The van der Waals surface area contributed by atoms with Gasteiger partial charge < -0.3 is 9.84 Å². The minimum absolute atomic E-state index is 0.133. The van der Waals surface area contributed by atoms with Crippen LogP contribution in [0.4, 0.5) is 5.69 Å². The summed E-state index contributed by atoms with van der Waals surface area (Å²) in [5, 5.41) is 24.6. The van der Waals surface area contributed by atoms with Crippen molar-refractivity contribution in [3.8, 4) is 11.5 Å². The number of carbonyl (C=O) groups excluding carboxylic acids is 1. The molecule has 0 spiro atoms. The number of benzene rings is 2. The van der Waals surface area contributed by atoms with Crippen LogP contribution in [0.3, 0.4) is 0 Å². The molecule has 2 aromatic carbocycles. The van der Waals surface area contributed by atoms with E-state index in [1.54, 1.807) is 6.92 Å². The smallest absolute Gasteiger partial charge is 0.277 e. The first-order valence-electron chi connectivity index (χ1n) is 8.84. The Bertz CT molecular complexity index is 878. The van der Waals surface area contributed by atoms with Crippen molar-refractivity contribution < 1.29 is 19.6 Å². The average Bonchev–Trinajstić information content (AvgIpc) is 2.69. The Morgan fingerprint density at radius 3 is 2.64 bits per heavy atom. The molecule has 28 heavy (non-hydrogen) atoms. The van der Waals surface area contributed by atoms with Crippen LogP contribution >= 0.6 is 0 Å². The zero-order valence-electron chi connectivity index (χ0n) is 16.0. The normalized spacial score (nSPS) is 12.0. The highest BCUT2D eigenvalue weighted by atomic mass is 16.6. The summed E-state index contributed by atoms with van der Waals surface area (Å²) >= 11 is 0. The number of nitro groups is 1. The third kappa shape index (κ3) is 5.54. The van der Waals surface area contributed by atoms with E-state index >= 15 is 0 Å². The quantitative estimate of drug-likeness (QED) is 0.409. The number of aromatic hydroxyl groups is 1. The Labute approximate surface area is 163 Å². The topological polar surface area (TPSA) is 114 Å². The van der Waals surface area contributed by atoms with Crippen molar-refractivity contribution in [2.45, 2.75) is 33.1 Å². The maximum Gasteiger partial charge on any atom is 0.277 e. The number of non-ortho nitro benzene ring substituents is 1. The van der Waals surface area contributed by atoms with Gasteiger partial charge in [0.15, 0.2) is 6.61 Å². The number of nitrogens with one attached hydrogen (secondary N) is 1. The summed E-state index contributed by atoms with van der Waals surface area (Å²) in [7, 11) is 0. The highest BCUT2D eigenvalue weighted by Crippen LogP contribution is 2.26. The first-order valence-corrected chi connectivity index (χ1v) is 8.84. The maximum absolute atomic E-state index is 11.8. The second kappa shape index (κ2) is 9.50. The van der Waals surface area contributed by atoms with Gasteiger partial charge in [0.25, 0.3) is 11.6 Å². The molecule has 2 rings (SSSR count). The number of phenolic OH excluding ortho intramolecular Hbond substituents is 1. The molecule has 0 heterocycles. The van der Waals surface area contributed by atoms with Crippen LogP contribution in [0.1, 0.15) is 42.9 Å². The van der Waals surface area contributed by atoms with Crippen molar-refractivity contribution in [3.05, 3.63) is 63.2 Å². The summed E-state index contributed by atoms with van der Waals surface area (Å²) in [6.45, 7) is 5.56. The number of hydrogen-bond donors (Lipinski definition) is 2. The molecule has 8 nitrogen and oxygen atoms in total. The SMILES string of the molecule is CCC(C)c1ccc(OCC(=O)N/N=C/c2cc([N+](=O)[O-])cc(C)c2O)cc1. The molecule has 0 bridgehead atoms. The largest absolute Gasteiger partial charge is 0.507 e. The molecule has 1 amide bonds. The third-order valence-electron chi connectivity index (χ3n) is 4.35. The number of amides is 1. The summed E-state index contributed by atoms with van der Waals surface area (Å²) in [5.74, 6) is 0.392. The minimum Gasteiger partial charge on any atom is -0.507 e. The molecule has 0 radical (unpaired) electrons. The van der Waals surface area contributed by atoms with E-state index in [4.69, 9.17) is 4.74 Å². The summed E-state index contributed by atoms with van der Waals surface area (Å²) < 4.78 is 5.41. The number of phenols is 1. The Balaban J connectivity index is 1.91.